The van der Waals surface area contributed by atoms with E-state index >= 15 is 0 Å². The van der Waals surface area contributed by atoms with Crippen LogP contribution >= 0.6 is 0 Å². The van der Waals surface area contributed by atoms with Gasteiger partial charge < -0.3 is 9.84 Å². The van der Waals surface area contributed by atoms with Gasteiger partial charge in [0.2, 0.25) is 5.88 Å². The molecule has 1 N–H and O–H groups in total. The highest BCUT2D eigenvalue weighted by atomic mass is 16.5. The summed E-state index contributed by atoms with van der Waals surface area (Å²) in [4.78, 5) is 4.46. The molecular formula is C14H23NO2. The van der Waals surface area contributed by atoms with Gasteiger partial charge in [-0.3, -0.25) is 0 Å². The maximum absolute atomic E-state index is 9.21. The van der Waals surface area contributed by atoms with Gasteiger partial charge in [0.1, 0.15) is 0 Å². The largest absolute Gasteiger partial charge is 0.474 e. The number of aryl methyl sites for hydroxylation is 1. The van der Waals surface area contributed by atoms with Crippen molar-refractivity contribution in [2.24, 2.45) is 5.92 Å². The van der Waals surface area contributed by atoms with Crippen molar-refractivity contribution in [3.05, 3.63) is 23.4 Å². The number of ether oxygens (including phenoxy) is 1. The highest BCUT2D eigenvalue weighted by Gasteiger charge is 2.11. The Balaban J connectivity index is 2.86. The summed E-state index contributed by atoms with van der Waals surface area (Å²) in [5.41, 5.74) is 1.86. The Bertz CT molecular complexity index is 350. The molecule has 0 aliphatic rings. The molecule has 0 aliphatic heterocycles. The molecule has 96 valence electrons. The summed E-state index contributed by atoms with van der Waals surface area (Å²) in [5.74, 6) is 1.07. The van der Waals surface area contributed by atoms with Crippen LogP contribution in [0.2, 0.25) is 0 Å². The maximum atomic E-state index is 9.21. The van der Waals surface area contributed by atoms with E-state index in [1.807, 2.05) is 19.1 Å². The van der Waals surface area contributed by atoms with Crippen LogP contribution in [0.5, 0.6) is 5.88 Å². The van der Waals surface area contributed by atoms with Gasteiger partial charge in [-0.15, -0.1) is 0 Å². The molecule has 1 aromatic rings. The zero-order valence-corrected chi connectivity index (χ0v) is 11.2. The molecule has 0 amide bonds. The van der Waals surface area contributed by atoms with Crippen LogP contribution in [0.4, 0.5) is 0 Å². The summed E-state index contributed by atoms with van der Waals surface area (Å²) in [6, 6.07) is 3.76. The SMILES string of the molecule is CCCc1cc(CO)cc(OC(C)C(C)C)n1. The quantitative estimate of drug-likeness (QED) is 0.827. The van der Waals surface area contributed by atoms with Crippen LogP contribution < -0.4 is 4.74 Å². The molecule has 1 aromatic heterocycles. The molecule has 1 rings (SSSR count). The van der Waals surface area contributed by atoms with Crippen LogP contribution in [0.1, 0.15) is 45.4 Å². The van der Waals surface area contributed by atoms with E-state index in [1.54, 1.807) is 0 Å². The first-order valence-corrected chi connectivity index (χ1v) is 6.34. The third-order valence-corrected chi connectivity index (χ3v) is 2.85. The van der Waals surface area contributed by atoms with Gasteiger partial charge in [-0.2, -0.15) is 0 Å². The predicted octanol–water partition coefficient (Wildman–Crippen LogP) is 2.95. The first kappa shape index (κ1) is 14.0. The number of hydrogen-bond acceptors (Lipinski definition) is 3. The van der Waals surface area contributed by atoms with Crippen LogP contribution in [0.25, 0.3) is 0 Å². The highest BCUT2D eigenvalue weighted by Crippen LogP contribution is 2.17. The Morgan fingerprint density at radius 2 is 2.00 bits per heavy atom. The molecule has 0 spiro atoms. The number of rotatable bonds is 6. The van der Waals surface area contributed by atoms with Crippen LogP contribution in [0.3, 0.4) is 0 Å². The lowest BCUT2D eigenvalue weighted by atomic mass is 10.1. The Morgan fingerprint density at radius 3 is 2.53 bits per heavy atom. The van der Waals surface area contributed by atoms with Gasteiger partial charge in [-0.25, -0.2) is 4.98 Å². The standard InChI is InChI=1S/C14H23NO2/c1-5-6-13-7-12(9-16)8-14(15-13)17-11(4)10(2)3/h7-8,10-11,16H,5-6,9H2,1-4H3. The first-order valence-electron chi connectivity index (χ1n) is 6.34. The molecule has 1 atom stereocenters. The van der Waals surface area contributed by atoms with Crippen molar-refractivity contribution in [3.8, 4) is 5.88 Å². The number of hydrogen-bond donors (Lipinski definition) is 1. The second-order valence-corrected chi connectivity index (χ2v) is 4.78. The number of aromatic nitrogens is 1. The van der Waals surface area contributed by atoms with Gasteiger partial charge in [-0.1, -0.05) is 27.2 Å². The van der Waals surface area contributed by atoms with Crippen molar-refractivity contribution in [2.75, 3.05) is 0 Å². The number of pyridine rings is 1. The van der Waals surface area contributed by atoms with E-state index in [0.29, 0.717) is 11.8 Å². The summed E-state index contributed by atoms with van der Waals surface area (Å²) in [6.07, 6.45) is 2.09. The lowest BCUT2D eigenvalue weighted by Crippen LogP contribution is -2.19. The monoisotopic (exact) mass is 237 g/mol. The molecular weight excluding hydrogens is 214 g/mol. The molecule has 0 aliphatic carbocycles. The molecule has 0 bridgehead atoms. The summed E-state index contributed by atoms with van der Waals surface area (Å²) < 4.78 is 5.78. The van der Waals surface area contributed by atoms with Gasteiger partial charge in [0.15, 0.2) is 0 Å². The lowest BCUT2D eigenvalue weighted by Gasteiger charge is -2.18. The minimum absolute atomic E-state index is 0.0334. The smallest absolute Gasteiger partial charge is 0.214 e. The minimum Gasteiger partial charge on any atom is -0.474 e. The van der Waals surface area contributed by atoms with Crippen molar-refractivity contribution in [1.29, 1.82) is 0 Å². The van der Waals surface area contributed by atoms with E-state index in [0.717, 1.165) is 24.1 Å². The summed E-state index contributed by atoms with van der Waals surface area (Å²) in [5, 5.41) is 9.21. The molecule has 3 nitrogen and oxygen atoms in total. The van der Waals surface area contributed by atoms with Gasteiger partial charge in [0.25, 0.3) is 0 Å². The normalized spacial score (nSPS) is 12.8. The van der Waals surface area contributed by atoms with Crippen LogP contribution in [-0.2, 0) is 13.0 Å². The van der Waals surface area contributed by atoms with Crippen molar-refractivity contribution in [2.45, 2.75) is 53.2 Å². The number of aliphatic hydroxyl groups is 1. The summed E-state index contributed by atoms with van der Waals surface area (Å²) >= 11 is 0. The van der Waals surface area contributed by atoms with Crippen molar-refractivity contribution in [1.82, 2.24) is 4.98 Å². The van der Waals surface area contributed by atoms with Gasteiger partial charge in [-0.05, 0) is 30.9 Å². The molecule has 0 saturated carbocycles. The average Bonchev–Trinajstić information content (AvgIpc) is 2.28. The molecule has 0 fully saturated rings. The minimum atomic E-state index is 0.0334. The van der Waals surface area contributed by atoms with Crippen LogP contribution in [0.15, 0.2) is 12.1 Å². The van der Waals surface area contributed by atoms with Gasteiger partial charge in [0, 0.05) is 11.8 Å². The Hall–Kier alpha value is -1.09. The zero-order chi connectivity index (χ0) is 12.8. The van der Waals surface area contributed by atoms with Gasteiger partial charge in [0.05, 0.1) is 12.7 Å². The van der Waals surface area contributed by atoms with Crippen molar-refractivity contribution >= 4 is 0 Å². The van der Waals surface area contributed by atoms with Crippen LogP contribution in [0, 0.1) is 5.92 Å². The topological polar surface area (TPSA) is 42.4 Å². The lowest BCUT2D eigenvalue weighted by molar-refractivity contribution is 0.162. The van der Waals surface area contributed by atoms with E-state index in [9.17, 15) is 5.11 Å². The second kappa shape index (κ2) is 6.60. The maximum Gasteiger partial charge on any atom is 0.214 e. The van der Waals surface area contributed by atoms with Crippen LogP contribution in [-0.4, -0.2) is 16.2 Å². The van der Waals surface area contributed by atoms with E-state index in [1.165, 1.54) is 0 Å². The van der Waals surface area contributed by atoms with E-state index < -0.39 is 0 Å². The predicted molar refractivity (Wildman–Crippen MR) is 69.1 cm³/mol. The second-order valence-electron chi connectivity index (χ2n) is 4.78. The average molecular weight is 237 g/mol. The molecule has 1 unspecified atom stereocenters. The molecule has 3 heteroatoms. The Kier molecular flexibility index (Phi) is 5.42. The summed E-state index contributed by atoms with van der Waals surface area (Å²) in [6.45, 7) is 8.43. The molecule has 0 saturated heterocycles. The zero-order valence-electron chi connectivity index (χ0n) is 11.2. The number of nitrogens with zero attached hydrogens (tertiary/aromatic N) is 1. The van der Waals surface area contributed by atoms with E-state index in [-0.39, 0.29) is 12.7 Å². The van der Waals surface area contributed by atoms with Crippen molar-refractivity contribution in [3.63, 3.8) is 0 Å². The molecule has 1 heterocycles. The van der Waals surface area contributed by atoms with E-state index in [4.69, 9.17) is 4.74 Å². The van der Waals surface area contributed by atoms with E-state index in [2.05, 4.69) is 25.8 Å². The molecule has 0 radical (unpaired) electrons. The Labute approximate surface area is 104 Å². The Morgan fingerprint density at radius 1 is 1.29 bits per heavy atom. The first-order chi connectivity index (χ1) is 8.06. The van der Waals surface area contributed by atoms with Gasteiger partial charge >= 0.3 is 0 Å². The molecule has 0 aromatic carbocycles. The fraction of sp³-hybridized carbons (Fsp3) is 0.643. The van der Waals surface area contributed by atoms with Crippen molar-refractivity contribution < 1.29 is 9.84 Å². The highest BCUT2D eigenvalue weighted by molar-refractivity contribution is 5.25. The molecule has 17 heavy (non-hydrogen) atoms. The third kappa shape index (κ3) is 4.35. The summed E-state index contributed by atoms with van der Waals surface area (Å²) in [7, 11) is 0. The fourth-order valence-corrected chi connectivity index (χ4v) is 1.48. The number of aliphatic hydroxyl groups excluding tert-OH is 1. The third-order valence-electron chi connectivity index (χ3n) is 2.85. The fourth-order valence-electron chi connectivity index (χ4n) is 1.48.